The Balaban J connectivity index is 1.92. The molecule has 1 saturated heterocycles. The zero-order chi connectivity index (χ0) is 17.0. The van der Waals surface area contributed by atoms with Crippen LogP contribution in [0.3, 0.4) is 0 Å². The zero-order valence-corrected chi connectivity index (χ0v) is 13.4. The van der Waals surface area contributed by atoms with Crippen molar-refractivity contribution in [1.82, 2.24) is 19.4 Å². The van der Waals surface area contributed by atoms with E-state index in [0.717, 1.165) is 6.20 Å². The first-order valence-electron chi connectivity index (χ1n) is 7.00. The van der Waals surface area contributed by atoms with Gasteiger partial charge in [-0.25, -0.2) is 17.8 Å². The largest absolute Gasteiger partial charge is 0.378 e. The predicted molar refractivity (Wildman–Crippen MR) is 75.4 cm³/mol. The summed E-state index contributed by atoms with van der Waals surface area (Å²) in [7, 11) is -3.99. The zero-order valence-electron chi connectivity index (χ0n) is 12.5. The number of alkyl halides is 2. The van der Waals surface area contributed by atoms with Gasteiger partial charge in [0.2, 0.25) is 15.9 Å². The molecule has 1 aromatic rings. The maximum atomic E-state index is 12.6. The molecule has 1 aliphatic rings. The molecule has 0 unspecified atom stereocenters. The number of sulfonamides is 1. The summed E-state index contributed by atoms with van der Waals surface area (Å²) < 4.78 is 57.1. The number of hydrogen-bond donors (Lipinski definition) is 1. The molecular formula is C12H18F2N4O4S. The Morgan fingerprint density at radius 3 is 2.65 bits per heavy atom. The molecule has 0 aromatic carbocycles. The van der Waals surface area contributed by atoms with Gasteiger partial charge in [0, 0.05) is 26.1 Å². The number of amides is 1. The number of nitrogens with one attached hydrogen (secondary N) is 1. The van der Waals surface area contributed by atoms with Crippen LogP contribution in [0, 0.1) is 6.92 Å². The number of rotatable bonds is 6. The highest BCUT2D eigenvalue weighted by Gasteiger charge is 2.24. The van der Waals surface area contributed by atoms with Crippen molar-refractivity contribution in [3.05, 3.63) is 11.9 Å². The van der Waals surface area contributed by atoms with Crippen molar-refractivity contribution in [3.8, 4) is 0 Å². The van der Waals surface area contributed by atoms with Crippen molar-refractivity contribution >= 4 is 15.9 Å². The first-order chi connectivity index (χ1) is 10.8. The second-order valence-corrected chi connectivity index (χ2v) is 6.69. The van der Waals surface area contributed by atoms with E-state index in [1.165, 1.54) is 6.92 Å². The molecule has 0 bridgehead atoms. The maximum Gasteiger partial charge on any atom is 0.333 e. The van der Waals surface area contributed by atoms with Crippen LogP contribution in [0.15, 0.2) is 11.1 Å². The summed E-state index contributed by atoms with van der Waals surface area (Å²) >= 11 is 0. The second-order valence-electron chi connectivity index (χ2n) is 4.96. The molecule has 0 saturated carbocycles. The van der Waals surface area contributed by atoms with Gasteiger partial charge in [-0.2, -0.15) is 13.9 Å². The SMILES string of the molecule is Cc1c(S(=O)(=O)NCCC(=O)N2CCOCC2)cnn1C(F)F. The molecule has 0 radical (unpaired) electrons. The molecule has 130 valence electrons. The molecule has 23 heavy (non-hydrogen) atoms. The minimum atomic E-state index is -3.99. The standard InChI is InChI=1S/C12H18F2N4O4S/c1-9-10(8-15-18(9)12(13)14)23(20,21)16-3-2-11(19)17-4-6-22-7-5-17/h8,12,16H,2-7H2,1H3. The van der Waals surface area contributed by atoms with E-state index in [1.807, 2.05) is 0 Å². The van der Waals surface area contributed by atoms with E-state index >= 15 is 0 Å². The fraction of sp³-hybridized carbons (Fsp3) is 0.667. The van der Waals surface area contributed by atoms with Crippen LogP contribution in [-0.4, -0.2) is 61.9 Å². The Hall–Kier alpha value is -1.59. The molecule has 1 amide bonds. The second kappa shape index (κ2) is 7.32. The van der Waals surface area contributed by atoms with Crippen molar-refractivity contribution in [2.45, 2.75) is 24.8 Å². The summed E-state index contributed by atoms with van der Waals surface area (Å²) in [4.78, 5) is 13.2. The molecule has 8 nitrogen and oxygen atoms in total. The average Bonchev–Trinajstić information content (AvgIpc) is 2.90. The normalized spacial score (nSPS) is 16.1. The summed E-state index contributed by atoms with van der Waals surface area (Å²) in [5.41, 5.74) is -0.160. The van der Waals surface area contributed by atoms with Gasteiger partial charge in [0.25, 0.3) is 0 Å². The molecule has 0 spiro atoms. The van der Waals surface area contributed by atoms with Gasteiger partial charge >= 0.3 is 6.55 Å². The Labute approximate surface area is 132 Å². The monoisotopic (exact) mass is 352 g/mol. The number of carbonyl (C=O) groups is 1. The number of carbonyl (C=O) groups excluding carboxylic acids is 1. The van der Waals surface area contributed by atoms with Crippen LogP contribution < -0.4 is 4.72 Å². The first kappa shape index (κ1) is 17.8. The molecule has 1 fully saturated rings. The third-order valence-corrected chi connectivity index (χ3v) is 5.03. The fourth-order valence-electron chi connectivity index (χ4n) is 2.21. The van der Waals surface area contributed by atoms with E-state index in [2.05, 4.69) is 9.82 Å². The van der Waals surface area contributed by atoms with Crippen LogP contribution in [-0.2, 0) is 19.6 Å². The highest BCUT2D eigenvalue weighted by Crippen LogP contribution is 2.19. The molecule has 1 N–H and O–H groups in total. The van der Waals surface area contributed by atoms with Gasteiger partial charge in [0.1, 0.15) is 4.90 Å². The highest BCUT2D eigenvalue weighted by atomic mass is 32.2. The Kier molecular flexibility index (Phi) is 5.65. The average molecular weight is 352 g/mol. The Bertz CT molecular complexity index is 656. The molecular weight excluding hydrogens is 334 g/mol. The van der Waals surface area contributed by atoms with Crippen LogP contribution in [0.5, 0.6) is 0 Å². The summed E-state index contributed by atoms with van der Waals surface area (Å²) in [5, 5.41) is 3.36. The van der Waals surface area contributed by atoms with E-state index in [-0.39, 0.29) is 29.5 Å². The number of nitrogens with zero attached hydrogens (tertiary/aromatic N) is 3. The van der Waals surface area contributed by atoms with E-state index in [0.29, 0.717) is 31.0 Å². The molecule has 2 rings (SSSR count). The van der Waals surface area contributed by atoms with Crippen LogP contribution in [0.2, 0.25) is 0 Å². The maximum absolute atomic E-state index is 12.6. The number of halogens is 2. The summed E-state index contributed by atoms with van der Waals surface area (Å²) in [6.45, 7) is 0.0941. The lowest BCUT2D eigenvalue weighted by Gasteiger charge is -2.26. The van der Waals surface area contributed by atoms with E-state index in [1.54, 1.807) is 4.90 Å². The van der Waals surface area contributed by atoms with Crippen LogP contribution in [0.1, 0.15) is 18.7 Å². The van der Waals surface area contributed by atoms with Gasteiger partial charge in [-0.05, 0) is 6.92 Å². The Morgan fingerprint density at radius 2 is 2.09 bits per heavy atom. The molecule has 1 aliphatic heterocycles. The fourth-order valence-corrected chi connectivity index (χ4v) is 3.40. The van der Waals surface area contributed by atoms with E-state index < -0.39 is 16.6 Å². The molecule has 0 atom stereocenters. The van der Waals surface area contributed by atoms with Gasteiger partial charge in [0.05, 0.1) is 25.1 Å². The lowest BCUT2D eigenvalue weighted by atomic mass is 10.3. The van der Waals surface area contributed by atoms with Gasteiger partial charge in [0.15, 0.2) is 0 Å². The van der Waals surface area contributed by atoms with E-state index in [9.17, 15) is 22.0 Å². The van der Waals surface area contributed by atoms with Gasteiger partial charge in [-0.1, -0.05) is 0 Å². The number of morpholine rings is 1. The molecule has 11 heteroatoms. The smallest absolute Gasteiger partial charge is 0.333 e. The first-order valence-corrected chi connectivity index (χ1v) is 8.48. The lowest BCUT2D eigenvalue weighted by Crippen LogP contribution is -2.42. The van der Waals surface area contributed by atoms with Crippen LogP contribution >= 0.6 is 0 Å². The topological polar surface area (TPSA) is 93.5 Å². The van der Waals surface area contributed by atoms with Crippen molar-refractivity contribution in [2.24, 2.45) is 0 Å². The van der Waals surface area contributed by atoms with Crippen molar-refractivity contribution in [3.63, 3.8) is 0 Å². The van der Waals surface area contributed by atoms with Crippen molar-refractivity contribution in [1.29, 1.82) is 0 Å². The van der Waals surface area contributed by atoms with Crippen LogP contribution in [0.25, 0.3) is 0 Å². The number of hydrogen-bond acceptors (Lipinski definition) is 5. The third kappa shape index (κ3) is 4.24. The Morgan fingerprint density at radius 1 is 1.43 bits per heavy atom. The highest BCUT2D eigenvalue weighted by molar-refractivity contribution is 7.89. The van der Waals surface area contributed by atoms with Gasteiger partial charge in [-0.3, -0.25) is 4.79 Å². The van der Waals surface area contributed by atoms with Crippen LogP contribution in [0.4, 0.5) is 8.78 Å². The third-order valence-electron chi connectivity index (χ3n) is 3.47. The number of ether oxygens (including phenoxy) is 1. The molecule has 2 heterocycles. The predicted octanol–water partition coefficient (Wildman–Crippen LogP) is 0.114. The van der Waals surface area contributed by atoms with Gasteiger partial charge in [-0.15, -0.1) is 0 Å². The number of aromatic nitrogens is 2. The minimum Gasteiger partial charge on any atom is -0.378 e. The van der Waals surface area contributed by atoms with E-state index in [4.69, 9.17) is 4.74 Å². The molecule has 0 aliphatic carbocycles. The van der Waals surface area contributed by atoms with Gasteiger partial charge < -0.3 is 9.64 Å². The van der Waals surface area contributed by atoms with Crippen molar-refractivity contribution < 1.29 is 26.7 Å². The summed E-state index contributed by atoms with van der Waals surface area (Å²) in [5.74, 6) is -0.184. The lowest BCUT2D eigenvalue weighted by molar-refractivity contribution is -0.135. The quantitative estimate of drug-likeness (QED) is 0.785. The molecule has 1 aromatic heterocycles. The van der Waals surface area contributed by atoms with Crippen molar-refractivity contribution in [2.75, 3.05) is 32.8 Å². The summed E-state index contributed by atoms with van der Waals surface area (Å²) in [6.07, 6.45) is 0.856. The summed E-state index contributed by atoms with van der Waals surface area (Å²) in [6, 6.07) is 0. The minimum absolute atomic E-state index is 0.0126.